The lowest BCUT2D eigenvalue weighted by molar-refractivity contribution is 0.0847. The molecule has 0 bridgehead atoms. The Labute approximate surface area is 109 Å². The molecule has 0 aliphatic carbocycles. The van der Waals surface area contributed by atoms with Crippen LogP contribution in [0.3, 0.4) is 0 Å². The van der Waals surface area contributed by atoms with Gasteiger partial charge < -0.3 is 4.84 Å². The van der Waals surface area contributed by atoms with Crippen molar-refractivity contribution in [2.24, 2.45) is 5.16 Å². The SMILES string of the molecule is CC1=NO[C@@H](c2ccc(C#N)cc2)[C@@H]1[Si](C)(C)C. The summed E-state index contributed by atoms with van der Waals surface area (Å²) in [5.74, 6) is 0. The number of nitrogens with zero attached hydrogens (tertiary/aromatic N) is 2. The highest BCUT2D eigenvalue weighted by molar-refractivity contribution is 6.80. The molecule has 0 aromatic heterocycles. The number of oxime groups is 1. The normalized spacial score (nSPS) is 23.2. The van der Waals surface area contributed by atoms with Gasteiger partial charge in [-0.25, -0.2) is 0 Å². The topological polar surface area (TPSA) is 45.4 Å². The van der Waals surface area contributed by atoms with Gasteiger partial charge in [-0.15, -0.1) is 0 Å². The third kappa shape index (κ3) is 2.32. The van der Waals surface area contributed by atoms with Gasteiger partial charge in [0.1, 0.15) is 0 Å². The molecule has 94 valence electrons. The minimum Gasteiger partial charge on any atom is -0.387 e. The van der Waals surface area contributed by atoms with Crippen LogP contribution in [0.15, 0.2) is 29.4 Å². The molecule has 3 nitrogen and oxygen atoms in total. The largest absolute Gasteiger partial charge is 0.387 e. The average Bonchev–Trinajstić information content (AvgIpc) is 2.71. The van der Waals surface area contributed by atoms with Crippen LogP contribution in [0.2, 0.25) is 25.2 Å². The molecule has 2 rings (SSSR count). The molecule has 4 heteroatoms. The van der Waals surface area contributed by atoms with Crippen LogP contribution >= 0.6 is 0 Å². The molecule has 2 atom stereocenters. The summed E-state index contributed by atoms with van der Waals surface area (Å²) in [5, 5.41) is 13.0. The van der Waals surface area contributed by atoms with Gasteiger partial charge in [0.2, 0.25) is 0 Å². The standard InChI is InChI=1S/C14H18N2OSi/c1-10-14(18(2,3)4)13(17-16-10)12-7-5-11(9-15)6-8-12/h5-8,13-14H,1-4H3/t13-,14+/m0/s1. The fourth-order valence-corrected chi connectivity index (χ4v) is 5.03. The van der Waals surface area contributed by atoms with Gasteiger partial charge in [0, 0.05) is 5.54 Å². The first kappa shape index (κ1) is 12.8. The van der Waals surface area contributed by atoms with E-state index < -0.39 is 8.07 Å². The maximum Gasteiger partial charge on any atom is 0.158 e. The Hall–Kier alpha value is -1.60. The van der Waals surface area contributed by atoms with E-state index in [-0.39, 0.29) is 6.10 Å². The van der Waals surface area contributed by atoms with Gasteiger partial charge in [-0.1, -0.05) is 36.9 Å². The fraction of sp³-hybridized carbons (Fsp3) is 0.429. The third-order valence-corrected chi connectivity index (χ3v) is 5.95. The van der Waals surface area contributed by atoms with E-state index in [0.29, 0.717) is 11.1 Å². The molecular weight excluding hydrogens is 240 g/mol. The smallest absolute Gasteiger partial charge is 0.158 e. The Kier molecular flexibility index (Phi) is 3.27. The maximum absolute atomic E-state index is 8.82. The first-order valence-corrected chi connectivity index (χ1v) is 9.71. The van der Waals surface area contributed by atoms with Crippen LogP contribution in [0, 0.1) is 11.3 Å². The zero-order valence-corrected chi connectivity index (χ0v) is 12.3. The number of benzene rings is 1. The van der Waals surface area contributed by atoms with Crippen molar-refractivity contribution in [2.75, 3.05) is 0 Å². The molecule has 18 heavy (non-hydrogen) atoms. The zero-order chi connectivity index (χ0) is 13.3. The van der Waals surface area contributed by atoms with Crippen molar-refractivity contribution in [3.05, 3.63) is 35.4 Å². The van der Waals surface area contributed by atoms with Gasteiger partial charge in [-0.3, -0.25) is 0 Å². The lowest BCUT2D eigenvalue weighted by Crippen LogP contribution is -2.34. The Morgan fingerprint density at radius 1 is 1.22 bits per heavy atom. The van der Waals surface area contributed by atoms with E-state index in [1.807, 2.05) is 31.2 Å². The molecule has 0 amide bonds. The van der Waals surface area contributed by atoms with Crippen molar-refractivity contribution in [3.63, 3.8) is 0 Å². The van der Waals surface area contributed by atoms with Crippen molar-refractivity contribution in [1.82, 2.24) is 0 Å². The Balaban J connectivity index is 2.31. The van der Waals surface area contributed by atoms with Crippen LogP contribution in [-0.2, 0) is 4.84 Å². The molecule has 0 fully saturated rings. The lowest BCUT2D eigenvalue weighted by atomic mass is 10.0. The summed E-state index contributed by atoms with van der Waals surface area (Å²) in [6, 6.07) is 9.77. The number of nitriles is 1. The zero-order valence-electron chi connectivity index (χ0n) is 11.3. The maximum atomic E-state index is 8.82. The lowest BCUT2D eigenvalue weighted by Gasteiger charge is -2.28. The Morgan fingerprint density at radius 2 is 1.83 bits per heavy atom. The van der Waals surface area contributed by atoms with Crippen LogP contribution in [0.5, 0.6) is 0 Å². The molecule has 1 aliphatic rings. The summed E-state index contributed by atoms with van der Waals surface area (Å²) in [6.07, 6.45) is 0.0180. The van der Waals surface area contributed by atoms with Crippen LogP contribution in [0.1, 0.15) is 24.2 Å². The minimum absolute atomic E-state index is 0.0180. The van der Waals surface area contributed by atoms with Crippen molar-refractivity contribution in [3.8, 4) is 6.07 Å². The van der Waals surface area contributed by atoms with Gasteiger partial charge in [0.05, 0.1) is 25.4 Å². The summed E-state index contributed by atoms with van der Waals surface area (Å²) >= 11 is 0. The second-order valence-corrected chi connectivity index (χ2v) is 11.2. The van der Waals surface area contributed by atoms with E-state index in [9.17, 15) is 0 Å². The fourth-order valence-electron chi connectivity index (χ4n) is 2.56. The molecule has 0 unspecified atom stereocenters. The quantitative estimate of drug-likeness (QED) is 0.759. The number of rotatable bonds is 2. The van der Waals surface area contributed by atoms with Gasteiger partial charge >= 0.3 is 0 Å². The monoisotopic (exact) mass is 258 g/mol. The van der Waals surface area contributed by atoms with E-state index >= 15 is 0 Å². The predicted molar refractivity (Wildman–Crippen MR) is 75.2 cm³/mol. The number of hydrogen-bond acceptors (Lipinski definition) is 3. The molecule has 1 heterocycles. The Bertz CT molecular complexity index is 508. The minimum atomic E-state index is -1.38. The second kappa shape index (κ2) is 4.58. The molecular formula is C14H18N2OSi. The third-order valence-electron chi connectivity index (χ3n) is 3.36. The summed E-state index contributed by atoms with van der Waals surface area (Å²) in [4.78, 5) is 5.60. The summed E-state index contributed by atoms with van der Waals surface area (Å²) in [6.45, 7) is 9.05. The first-order valence-electron chi connectivity index (χ1n) is 6.14. The van der Waals surface area contributed by atoms with Crippen molar-refractivity contribution >= 4 is 13.8 Å². The van der Waals surface area contributed by atoms with Crippen molar-refractivity contribution in [2.45, 2.75) is 38.2 Å². The molecule has 0 radical (unpaired) electrons. The summed E-state index contributed by atoms with van der Waals surface area (Å²) in [7, 11) is -1.38. The summed E-state index contributed by atoms with van der Waals surface area (Å²) in [5.41, 5.74) is 3.30. The van der Waals surface area contributed by atoms with Gasteiger partial charge in [-0.2, -0.15) is 5.26 Å². The van der Waals surface area contributed by atoms with Gasteiger partial charge in [-0.05, 0) is 24.6 Å². The van der Waals surface area contributed by atoms with Crippen molar-refractivity contribution < 1.29 is 4.84 Å². The van der Waals surface area contributed by atoms with Crippen LogP contribution in [0.25, 0.3) is 0 Å². The molecule has 1 aliphatic heterocycles. The Morgan fingerprint density at radius 3 is 2.33 bits per heavy atom. The molecule has 1 aromatic rings. The highest BCUT2D eigenvalue weighted by Crippen LogP contribution is 2.43. The highest BCUT2D eigenvalue weighted by Gasteiger charge is 2.42. The van der Waals surface area contributed by atoms with E-state index in [0.717, 1.165) is 11.3 Å². The van der Waals surface area contributed by atoms with Gasteiger partial charge in [0.25, 0.3) is 0 Å². The molecule has 0 spiro atoms. The average molecular weight is 258 g/mol. The van der Waals surface area contributed by atoms with E-state index in [1.54, 1.807) is 0 Å². The predicted octanol–water partition coefficient (Wildman–Crippen LogP) is 3.71. The molecule has 0 N–H and O–H groups in total. The molecule has 1 aromatic carbocycles. The highest BCUT2D eigenvalue weighted by atomic mass is 28.3. The second-order valence-electron chi connectivity index (χ2n) is 5.84. The number of hydrogen-bond donors (Lipinski definition) is 0. The van der Waals surface area contributed by atoms with Crippen molar-refractivity contribution in [1.29, 1.82) is 5.26 Å². The first-order chi connectivity index (χ1) is 8.43. The molecule has 0 saturated carbocycles. The van der Waals surface area contributed by atoms with Gasteiger partial charge in [0.15, 0.2) is 6.10 Å². The van der Waals surface area contributed by atoms with Crippen LogP contribution in [0.4, 0.5) is 0 Å². The summed E-state index contributed by atoms with van der Waals surface area (Å²) < 4.78 is 0. The van der Waals surface area contributed by atoms with Crippen LogP contribution < -0.4 is 0 Å². The van der Waals surface area contributed by atoms with E-state index in [1.165, 1.54) is 0 Å². The van der Waals surface area contributed by atoms with E-state index in [2.05, 4.69) is 30.9 Å². The van der Waals surface area contributed by atoms with Crippen LogP contribution in [-0.4, -0.2) is 13.8 Å². The molecule has 0 saturated heterocycles. The van der Waals surface area contributed by atoms with E-state index in [4.69, 9.17) is 10.1 Å².